The lowest BCUT2D eigenvalue weighted by molar-refractivity contribution is -0.384. The first-order chi connectivity index (χ1) is 13.6. The fourth-order valence-corrected chi connectivity index (χ4v) is 3.67. The first kappa shape index (κ1) is 22.2. The summed E-state index contributed by atoms with van der Waals surface area (Å²) >= 11 is 1.09. The maximum atomic E-state index is 12.3. The van der Waals surface area contributed by atoms with Gasteiger partial charge in [0.05, 0.1) is 16.4 Å². The number of benzene rings is 2. The molecule has 1 amide bonds. The minimum Gasteiger partial charge on any atom is -0.325 e. The van der Waals surface area contributed by atoms with Crippen LogP contribution in [0, 0.1) is 37.8 Å². The first-order valence-corrected chi connectivity index (χ1v) is 9.70. The SMILES string of the molecule is Cc1cc(C)c(N(N)/C(=N\N)SCC(=O)Nc2ccc([N+](=O)[O-])cc2C)c(C)c1. The number of nitro groups is 1. The van der Waals surface area contributed by atoms with Crippen molar-refractivity contribution in [1.82, 2.24) is 0 Å². The van der Waals surface area contributed by atoms with Gasteiger partial charge in [0.15, 0.2) is 0 Å². The number of thioether (sulfide) groups is 1. The molecule has 10 heteroatoms. The van der Waals surface area contributed by atoms with Gasteiger partial charge in [-0.3, -0.25) is 19.9 Å². The number of nitrogens with one attached hydrogen (secondary N) is 1. The van der Waals surface area contributed by atoms with E-state index in [1.54, 1.807) is 6.92 Å². The van der Waals surface area contributed by atoms with Gasteiger partial charge in [-0.25, -0.2) is 5.84 Å². The summed E-state index contributed by atoms with van der Waals surface area (Å²) in [7, 11) is 0. The number of nitrogens with two attached hydrogens (primary N) is 2. The summed E-state index contributed by atoms with van der Waals surface area (Å²) in [5.74, 6) is 11.4. The molecule has 5 N–H and O–H groups in total. The summed E-state index contributed by atoms with van der Waals surface area (Å²) in [6.07, 6.45) is 0. The van der Waals surface area contributed by atoms with E-state index >= 15 is 0 Å². The topological polar surface area (TPSA) is 140 Å². The standard InChI is InChI=1S/C19H24N6O3S/c1-11-7-13(3)18(14(4)8-11)24(21)19(23-20)29-10-17(26)22-16-6-5-15(25(27)28)9-12(16)2/h5-9H,10,20-21H2,1-4H3,(H,22,26)/b23-19+. The quantitative estimate of drug-likeness (QED) is 0.224. The average molecular weight is 417 g/mol. The maximum Gasteiger partial charge on any atom is 0.269 e. The molecule has 0 aliphatic carbocycles. The summed E-state index contributed by atoms with van der Waals surface area (Å²) in [6.45, 7) is 7.57. The summed E-state index contributed by atoms with van der Waals surface area (Å²) in [5, 5.41) is 18.9. The lowest BCUT2D eigenvalue weighted by Crippen LogP contribution is -2.38. The molecule has 0 aromatic heterocycles. The Morgan fingerprint density at radius 1 is 1.17 bits per heavy atom. The van der Waals surface area contributed by atoms with E-state index in [1.165, 1.54) is 23.2 Å². The number of hydrazone groups is 1. The molecule has 2 aromatic carbocycles. The Labute approximate surface area is 173 Å². The summed E-state index contributed by atoms with van der Waals surface area (Å²) in [5.41, 5.74) is 4.90. The highest BCUT2D eigenvalue weighted by Gasteiger charge is 2.18. The Kier molecular flexibility index (Phi) is 7.18. The van der Waals surface area contributed by atoms with Gasteiger partial charge in [-0.1, -0.05) is 29.5 Å². The van der Waals surface area contributed by atoms with Crippen molar-refractivity contribution in [2.24, 2.45) is 16.8 Å². The second kappa shape index (κ2) is 9.39. The van der Waals surface area contributed by atoms with Gasteiger partial charge in [-0.15, -0.1) is 0 Å². The van der Waals surface area contributed by atoms with Crippen molar-refractivity contribution in [3.05, 3.63) is 62.7 Å². The highest BCUT2D eigenvalue weighted by atomic mass is 32.2. The van der Waals surface area contributed by atoms with E-state index < -0.39 is 4.92 Å². The van der Waals surface area contributed by atoms with E-state index in [4.69, 9.17) is 11.7 Å². The third kappa shape index (κ3) is 5.46. The van der Waals surface area contributed by atoms with Crippen molar-refractivity contribution in [3.8, 4) is 0 Å². The van der Waals surface area contributed by atoms with Crippen LogP contribution in [0.3, 0.4) is 0 Å². The molecule has 9 nitrogen and oxygen atoms in total. The molecule has 0 radical (unpaired) electrons. The highest BCUT2D eigenvalue weighted by Crippen LogP contribution is 2.27. The van der Waals surface area contributed by atoms with Crippen LogP contribution in [0.15, 0.2) is 35.4 Å². The molecule has 0 spiro atoms. The molecule has 0 heterocycles. The number of amides is 1. The number of carbonyl (C=O) groups excluding carboxylic acids is 1. The number of hydrogen-bond acceptors (Lipinski definition) is 7. The van der Waals surface area contributed by atoms with Crippen LogP contribution in [-0.4, -0.2) is 21.8 Å². The minimum absolute atomic E-state index is 0.0180. The molecule has 0 unspecified atom stereocenters. The number of aryl methyl sites for hydroxylation is 4. The number of anilines is 2. The lowest BCUT2D eigenvalue weighted by atomic mass is 10.1. The maximum absolute atomic E-state index is 12.3. The van der Waals surface area contributed by atoms with Gasteiger partial charge in [-0.05, 0) is 50.5 Å². The van der Waals surface area contributed by atoms with Crippen molar-refractivity contribution in [3.63, 3.8) is 0 Å². The van der Waals surface area contributed by atoms with Crippen LogP contribution < -0.4 is 22.0 Å². The van der Waals surface area contributed by atoms with Crippen LogP contribution in [0.25, 0.3) is 0 Å². The molecule has 0 fully saturated rings. The monoisotopic (exact) mass is 416 g/mol. The van der Waals surface area contributed by atoms with E-state index in [-0.39, 0.29) is 22.5 Å². The summed E-state index contributed by atoms with van der Waals surface area (Å²) in [6, 6.07) is 8.26. The first-order valence-electron chi connectivity index (χ1n) is 8.72. The number of nitro benzene ring substituents is 1. The van der Waals surface area contributed by atoms with Gasteiger partial charge in [0.25, 0.3) is 5.69 Å². The Balaban J connectivity index is 2.06. The Morgan fingerprint density at radius 2 is 1.79 bits per heavy atom. The summed E-state index contributed by atoms with van der Waals surface area (Å²) < 4.78 is 0. The molecule has 29 heavy (non-hydrogen) atoms. The number of hydrazine groups is 1. The van der Waals surface area contributed by atoms with Crippen molar-refractivity contribution in [1.29, 1.82) is 0 Å². The zero-order chi connectivity index (χ0) is 21.7. The van der Waals surface area contributed by atoms with E-state index in [1.807, 2.05) is 32.9 Å². The Morgan fingerprint density at radius 3 is 2.31 bits per heavy atom. The predicted octanol–water partition coefficient (Wildman–Crippen LogP) is 3.11. The Hall–Kier alpha value is -3.11. The number of non-ortho nitro benzene ring substituents is 1. The minimum atomic E-state index is -0.483. The molecule has 2 aromatic rings. The zero-order valence-corrected chi connectivity index (χ0v) is 17.5. The number of carbonyl (C=O) groups is 1. The zero-order valence-electron chi connectivity index (χ0n) is 16.7. The van der Waals surface area contributed by atoms with Gasteiger partial charge in [0.1, 0.15) is 0 Å². The van der Waals surface area contributed by atoms with Gasteiger partial charge in [0, 0.05) is 17.8 Å². The molecule has 0 saturated carbocycles. The molecular formula is C19H24N6O3S. The summed E-state index contributed by atoms with van der Waals surface area (Å²) in [4.78, 5) is 22.7. The highest BCUT2D eigenvalue weighted by molar-refractivity contribution is 8.14. The molecule has 0 bridgehead atoms. The number of nitrogens with zero attached hydrogens (tertiary/aromatic N) is 3. The van der Waals surface area contributed by atoms with Crippen molar-refractivity contribution in [2.75, 3.05) is 16.1 Å². The van der Waals surface area contributed by atoms with E-state index in [2.05, 4.69) is 10.4 Å². The molecule has 0 aliphatic rings. The normalized spacial score (nSPS) is 11.3. The predicted molar refractivity (Wildman–Crippen MR) is 118 cm³/mol. The molecule has 2 rings (SSSR count). The van der Waals surface area contributed by atoms with Crippen molar-refractivity contribution in [2.45, 2.75) is 27.7 Å². The third-order valence-corrected chi connectivity index (χ3v) is 5.19. The average Bonchev–Trinajstić information content (AvgIpc) is 2.62. The number of hydrogen-bond donors (Lipinski definition) is 3. The molecular weight excluding hydrogens is 392 g/mol. The van der Waals surface area contributed by atoms with Crippen molar-refractivity contribution >= 4 is 39.9 Å². The molecule has 154 valence electrons. The second-order valence-electron chi connectivity index (χ2n) is 6.62. The van der Waals surface area contributed by atoms with Crippen LogP contribution in [-0.2, 0) is 4.79 Å². The second-order valence-corrected chi connectivity index (χ2v) is 7.56. The van der Waals surface area contributed by atoms with Crippen molar-refractivity contribution < 1.29 is 9.72 Å². The third-order valence-electron chi connectivity index (χ3n) is 4.22. The molecule has 0 aliphatic heterocycles. The number of amidine groups is 1. The smallest absolute Gasteiger partial charge is 0.269 e. The van der Waals surface area contributed by atoms with E-state index in [9.17, 15) is 14.9 Å². The van der Waals surface area contributed by atoms with Gasteiger partial charge < -0.3 is 11.2 Å². The van der Waals surface area contributed by atoms with Crippen LogP contribution >= 0.6 is 11.8 Å². The Bertz CT molecular complexity index is 953. The molecule has 0 atom stereocenters. The molecule has 0 saturated heterocycles. The van der Waals surface area contributed by atoms with Gasteiger partial charge in [0.2, 0.25) is 11.1 Å². The van der Waals surface area contributed by atoms with Gasteiger partial charge >= 0.3 is 0 Å². The van der Waals surface area contributed by atoms with E-state index in [0.29, 0.717) is 11.3 Å². The largest absolute Gasteiger partial charge is 0.325 e. The number of rotatable bonds is 5. The lowest BCUT2D eigenvalue weighted by Gasteiger charge is -2.23. The van der Waals surface area contributed by atoms with Crippen LogP contribution in [0.2, 0.25) is 0 Å². The van der Waals surface area contributed by atoms with Crippen LogP contribution in [0.4, 0.5) is 17.1 Å². The van der Waals surface area contributed by atoms with Gasteiger partial charge in [-0.2, -0.15) is 5.10 Å². The van der Waals surface area contributed by atoms with Crippen LogP contribution in [0.5, 0.6) is 0 Å². The van der Waals surface area contributed by atoms with Crippen LogP contribution in [0.1, 0.15) is 22.3 Å². The fourth-order valence-electron chi connectivity index (χ4n) is 3.04. The fraction of sp³-hybridized carbons (Fsp3) is 0.263. The van der Waals surface area contributed by atoms with E-state index in [0.717, 1.165) is 34.1 Å².